The third-order valence-corrected chi connectivity index (χ3v) is 3.44. The SMILES string of the molecule is c1ccc([C@]2(c3cccnc3)CNCC[N]2)cc1. The standard InChI is InChI=1S/C15H16N3/c1-2-5-13(6-3-1)15(12-17-9-10-18-15)14-7-4-8-16-11-14/h1-8,11,17H,9-10,12H2/t15-/m0/s1. The van der Waals surface area contributed by atoms with Crippen molar-refractivity contribution in [2.45, 2.75) is 5.54 Å². The normalized spacial score (nSPS) is 23.8. The van der Waals surface area contributed by atoms with Crippen molar-refractivity contribution in [3.8, 4) is 0 Å². The van der Waals surface area contributed by atoms with Gasteiger partial charge in [0, 0.05) is 32.0 Å². The van der Waals surface area contributed by atoms with E-state index in [1.807, 2.05) is 18.3 Å². The van der Waals surface area contributed by atoms with Crippen molar-refractivity contribution in [3.63, 3.8) is 0 Å². The first-order chi connectivity index (χ1) is 8.92. The lowest BCUT2D eigenvalue weighted by molar-refractivity contribution is 0.321. The largest absolute Gasteiger partial charge is 0.313 e. The Balaban J connectivity index is 2.10. The molecule has 91 valence electrons. The second-order valence-electron chi connectivity index (χ2n) is 4.53. The zero-order valence-corrected chi connectivity index (χ0v) is 10.2. The van der Waals surface area contributed by atoms with Crippen LogP contribution in [0.1, 0.15) is 11.1 Å². The van der Waals surface area contributed by atoms with E-state index in [0.717, 1.165) is 25.2 Å². The number of rotatable bonds is 2. The van der Waals surface area contributed by atoms with Crippen LogP contribution in [0.5, 0.6) is 0 Å². The number of benzene rings is 1. The van der Waals surface area contributed by atoms with E-state index in [9.17, 15) is 0 Å². The van der Waals surface area contributed by atoms with Crippen LogP contribution in [0.25, 0.3) is 0 Å². The molecule has 1 radical (unpaired) electrons. The summed E-state index contributed by atoms with van der Waals surface area (Å²) in [5, 5.41) is 8.35. The third-order valence-electron chi connectivity index (χ3n) is 3.44. The van der Waals surface area contributed by atoms with Gasteiger partial charge in [-0.2, -0.15) is 0 Å². The molecule has 0 spiro atoms. The molecule has 18 heavy (non-hydrogen) atoms. The van der Waals surface area contributed by atoms with Crippen LogP contribution in [0.15, 0.2) is 54.9 Å². The first kappa shape index (κ1) is 11.4. The molecule has 3 heteroatoms. The Kier molecular flexibility index (Phi) is 3.09. The quantitative estimate of drug-likeness (QED) is 0.862. The van der Waals surface area contributed by atoms with Gasteiger partial charge in [-0.15, -0.1) is 0 Å². The summed E-state index contributed by atoms with van der Waals surface area (Å²) in [6.07, 6.45) is 3.72. The maximum Gasteiger partial charge on any atom is 0.0993 e. The summed E-state index contributed by atoms with van der Waals surface area (Å²) >= 11 is 0. The fourth-order valence-corrected chi connectivity index (χ4v) is 2.53. The molecule has 1 aliphatic rings. The van der Waals surface area contributed by atoms with Crippen molar-refractivity contribution in [2.75, 3.05) is 19.6 Å². The van der Waals surface area contributed by atoms with Crippen molar-refractivity contribution >= 4 is 0 Å². The molecule has 1 fully saturated rings. The van der Waals surface area contributed by atoms with Gasteiger partial charge in [0.25, 0.3) is 0 Å². The third kappa shape index (κ3) is 1.92. The molecule has 0 saturated carbocycles. The lowest BCUT2D eigenvalue weighted by Crippen LogP contribution is -2.53. The number of nitrogens with zero attached hydrogens (tertiary/aromatic N) is 2. The van der Waals surface area contributed by atoms with E-state index < -0.39 is 0 Å². The molecule has 0 bridgehead atoms. The zero-order valence-electron chi connectivity index (χ0n) is 10.2. The van der Waals surface area contributed by atoms with Crippen LogP contribution in [0.2, 0.25) is 0 Å². The second kappa shape index (κ2) is 4.88. The van der Waals surface area contributed by atoms with Crippen LogP contribution in [-0.2, 0) is 5.54 Å². The van der Waals surface area contributed by atoms with E-state index in [4.69, 9.17) is 5.32 Å². The highest BCUT2D eigenvalue weighted by Gasteiger charge is 2.36. The minimum Gasteiger partial charge on any atom is -0.313 e. The van der Waals surface area contributed by atoms with Crippen molar-refractivity contribution in [1.82, 2.24) is 15.6 Å². The lowest BCUT2D eigenvalue weighted by atomic mass is 9.82. The zero-order chi connectivity index (χ0) is 12.3. The Bertz CT molecular complexity index is 448. The smallest absolute Gasteiger partial charge is 0.0993 e. The number of nitrogens with one attached hydrogen (secondary N) is 1. The number of pyridine rings is 1. The minimum atomic E-state index is -0.284. The molecule has 2 aromatic rings. The van der Waals surface area contributed by atoms with E-state index in [2.05, 4.69) is 40.6 Å². The molecule has 0 amide bonds. The molecule has 1 aromatic heterocycles. The van der Waals surface area contributed by atoms with E-state index in [1.54, 1.807) is 6.20 Å². The molecule has 1 atom stereocenters. The maximum absolute atomic E-state index is 4.90. The average Bonchev–Trinajstić information content (AvgIpc) is 2.50. The van der Waals surface area contributed by atoms with Crippen LogP contribution >= 0.6 is 0 Å². The van der Waals surface area contributed by atoms with Gasteiger partial charge in [0.1, 0.15) is 0 Å². The highest BCUT2D eigenvalue weighted by Crippen LogP contribution is 2.30. The molecular formula is C15H16N3. The van der Waals surface area contributed by atoms with Crippen molar-refractivity contribution in [2.24, 2.45) is 0 Å². The van der Waals surface area contributed by atoms with Gasteiger partial charge in [0.05, 0.1) is 5.54 Å². The summed E-state index contributed by atoms with van der Waals surface area (Å²) < 4.78 is 0. The molecular weight excluding hydrogens is 222 g/mol. The van der Waals surface area contributed by atoms with Crippen LogP contribution in [0.3, 0.4) is 0 Å². The summed E-state index contributed by atoms with van der Waals surface area (Å²) in [4.78, 5) is 4.24. The van der Waals surface area contributed by atoms with Crippen molar-refractivity contribution < 1.29 is 0 Å². The molecule has 3 rings (SSSR count). The summed E-state index contributed by atoms with van der Waals surface area (Å²) in [6.45, 7) is 2.63. The van der Waals surface area contributed by atoms with E-state index >= 15 is 0 Å². The van der Waals surface area contributed by atoms with Gasteiger partial charge >= 0.3 is 0 Å². The number of aromatic nitrogens is 1. The Hall–Kier alpha value is -1.71. The van der Waals surface area contributed by atoms with Crippen LogP contribution in [0.4, 0.5) is 0 Å². The molecule has 0 aliphatic carbocycles. The predicted molar refractivity (Wildman–Crippen MR) is 71.3 cm³/mol. The van der Waals surface area contributed by atoms with Gasteiger partial charge in [-0.3, -0.25) is 4.98 Å². The van der Waals surface area contributed by atoms with Gasteiger partial charge in [0.2, 0.25) is 0 Å². The first-order valence-corrected chi connectivity index (χ1v) is 6.27. The van der Waals surface area contributed by atoms with Gasteiger partial charge in [-0.25, -0.2) is 5.32 Å². The van der Waals surface area contributed by atoms with E-state index in [-0.39, 0.29) is 5.54 Å². The summed E-state index contributed by atoms with van der Waals surface area (Å²) in [6, 6.07) is 14.5. The van der Waals surface area contributed by atoms with Gasteiger partial charge in [-0.05, 0) is 17.2 Å². The molecule has 3 nitrogen and oxygen atoms in total. The molecule has 2 heterocycles. The number of hydrogen-bond donors (Lipinski definition) is 1. The number of hydrogen-bond acceptors (Lipinski definition) is 2. The highest BCUT2D eigenvalue weighted by atomic mass is 15.1. The Labute approximate surface area is 107 Å². The molecule has 1 N–H and O–H groups in total. The van der Waals surface area contributed by atoms with Crippen molar-refractivity contribution in [1.29, 1.82) is 0 Å². The molecule has 1 aromatic carbocycles. The fourth-order valence-electron chi connectivity index (χ4n) is 2.53. The topological polar surface area (TPSA) is 39.0 Å². The van der Waals surface area contributed by atoms with Crippen LogP contribution in [-0.4, -0.2) is 24.6 Å². The lowest BCUT2D eigenvalue weighted by Gasteiger charge is -2.38. The predicted octanol–water partition coefficient (Wildman–Crippen LogP) is 1.53. The highest BCUT2D eigenvalue weighted by molar-refractivity contribution is 5.38. The molecule has 1 saturated heterocycles. The Morgan fingerprint density at radius 1 is 1.00 bits per heavy atom. The summed E-state index contributed by atoms with van der Waals surface area (Å²) in [5.74, 6) is 0. The minimum absolute atomic E-state index is 0.284. The Morgan fingerprint density at radius 3 is 2.50 bits per heavy atom. The Morgan fingerprint density at radius 2 is 1.83 bits per heavy atom. The van der Waals surface area contributed by atoms with Gasteiger partial charge in [-0.1, -0.05) is 36.4 Å². The maximum atomic E-state index is 4.90. The summed E-state index contributed by atoms with van der Waals surface area (Å²) in [5.41, 5.74) is 2.10. The first-order valence-electron chi connectivity index (χ1n) is 6.27. The van der Waals surface area contributed by atoms with Gasteiger partial charge in [0.15, 0.2) is 0 Å². The molecule has 0 unspecified atom stereocenters. The van der Waals surface area contributed by atoms with Crippen LogP contribution in [0, 0.1) is 0 Å². The van der Waals surface area contributed by atoms with Crippen LogP contribution < -0.4 is 10.6 Å². The average molecular weight is 238 g/mol. The van der Waals surface area contributed by atoms with E-state index in [0.29, 0.717) is 0 Å². The molecule has 1 aliphatic heterocycles. The monoisotopic (exact) mass is 238 g/mol. The van der Waals surface area contributed by atoms with Crippen molar-refractivity contribution in [3.05, 3.63) is 66.0 Å². The number of piperazine rings is 1. The summed E-state index contributed by atoms with van der Waals surface area (Å²) in [7, 11) is 0. The second-order valence-corrected chi connectivity index (χ2v) is 4.53. The van der Waals surface area contributed by atoms with E-state index in [1.165, 1.54) is 5.56 Å². The van der Waals surface area contributed by atoms with Gasteiger partial charge < -0.3 is 5.32 Å². The fraction of sp³-hybridized carbons (Fsp3) is 0.267.